The summed E-state index contributed by atoms with van der Waals surface area (Å²) in [5, 5.41) is 0. The van der Waals surface area contributed by atoms with Crippen LogP contribution in [0.4, 0.5) is 0 Å². The zero-order valence-corrected chi connectivity index (χ0v) is 6.59. The van der Waals surface area contributed by atoms with E-state index in [1.54, 1.807) is 0 Å². The average molecular weight is 142 g/mol. The van der Waals surface area contributed by atoms with Gasteiger partial charge in [0, 0.05) is 6.42 Å². The Kier molecular flexibility index (Phi) is 1.29. The fraction of sp³-hybridized carbons (Fsp3) is 1.00. The standard InChI is InChI=1S/C8H14O2/c1-6-7-4-3-5-8(2,9-6)10-7/h6-7H,3-5H2,1-2H3. The first kappa shape index (κ1) is 6.62. The lowest BCUT2D eigenvalue weighted by Gasteiger charge is -2.26. The van der Waals surface area contributed by atoms with E-state index < -0.39 is 0 Å². The van der Waals surface area contributed by atoms with Crippen molar-refractivity contribution in [3.8, 4) is 0 Å². The molecule has 2 heteroatoms. The van der Waals surface area contributed by atoms with E-state index in [1.807, 2.05) is 6.92 Å². The highest BCUT2D eigenvalue weighted by atomic mass is 16.8. The largest absolute Gasteiger partial charge is 0.345 e. The zero-order valence-electron chi connectivity index (χ0n) is 6.59. The summed E-state index contributed by atoms with van der Waals surface area (Å²) in [6.45, 7) is 4.14. The molecule has 0 saturated carbocycles. The Balaban J connectivity index is 2.16. The summed E-state index contributed by atoms with van der Waals surface area (Å²) in [7, 11) is 0. The van der Waals surface area contributed by atoms with E-state index in [2.05, 4.69) is 6.92 Å². The van der Waals surface area contributed by atoms with Crippen molar-refractivity contribution < 1.29 is 9.47 Å². The molecule has 2 rings (SSSR count). The van der Waals surface area contributed by atoms with Gasteiger partial charge in [-0.25, -0.2) is 0 Å². The summed E-state index contributed by atoms with van der Waals surface area (Å²) in [6.07, 6.45) is 4.18. The van der Waals surface area contributed by atoms with Gasteiger partial charge in [0.15, 0.2) is 5.79 Å². The van der Waals surface area contributed by atoms with Crippen LogP contribution in [0.1, 0.15) is 33.1 Å². The molecule has 3 atom stereocenters. The van der Waals surface area contributed by atoms with Gasteiger partial charge in [-0.1, -0.05) is 0 Å². The molecular formula is C8H14O2. The Bertz CT molecular complexity index is 142. The van der Waals surface area contributed by atoms with Crippen LogP contribution < -0.4 is 0 Å². The molecule has 0 aromatic carbocycles. The molecule has 0 N–H and O–H groups in total. The molecule has 0 radical (unpaired) electrons. The highest BCUT2D eigenvalue weighted by Crippen LogP contribution is 2.39. The number of rotatable bonds is 0. The van der Waals surface area contributed by atoms with Crippen LogP contribution >= 0.6 is 0 Å². The summed E-state index contributed by atoms with van der Waals surface area (Å²) < 4.78 is 11.3. The van der Waals surface area contributed by atoms with Crippen molar-refractivity contribution in [1.82, 2.24) is 0 Å². The number of ether oxygens (including phenoxy) is 2. The second kappa shape index (κ2) is 1.95. The summed E-state index contributed by atoms with van der Waals surface area (Å²) in [5.74, 6) is -0.234. The molecule has 0 aromatic rings. The topological polar surface area (TPSA) is 18.5 Å². The van der Waals surface area contributed by atoms with Gasteiger partial charge < -0.3 is 9.47 Å². The molecule has 2 fully saturated rings. The molecular weight excluding hydrogens is 128 g/mol. The second-order valence-corrected chi connectivity index (χ2v) is 3.51. The van der Waals surface area contributed by atoms with Crippen molar-refractivity contribution in [3.05, 3.63) is 0 Å². The highest BCUT2D eigenvalue weighted by molar-refractivity contribution is 4.85. The van der Waals surface area contributed by atoms with Crippen LogP contribution in [0.15, 0.2) is 0 Å². The van der Waals surface area contributed by atoms with E-state index in [-0.39, 0.29) is 5.79 Å². The van der Waals surface area contributed by atoms with Crippen LogP contribution in [0, 0.1) is 0 Å². The van der Waals surface area contributed by atoms with E-state index in [1.165, 1.54) is 12.8 Å². The molecule has 3 unspecified atom stereocenters. The lowest BCUT2D eigenvalue weighted by molar-refractivity contribution is -0.178. The lowest BCUT2D eigenvalue weighted by atomic mass is 10.0. The molecule has 0 aliphatic carbocycles. The highest BCUT2D eigenvalue weighted by Gasteiger charge is 2.44. The molecule has 2 aliphatic heterocycles. The normalized spacial score (nSPS) is 53.4. The SMILES string of the molecule is CC1OC2(C)CCCC1O2. The van der Waals surface area contributed by atoms with Gasteiger partial charge in [0.25, 0.3) is 0 Å². The minimum atomic E-state index is -0.234. The van der Waals surface area contributed by atoms with Crippen LogP contribution in [-0.4, -0.2) is 18.0 Å². The fourth-order valence-electron chi connectivity index (χ4n) is 1.95. The quantitative estimate of drug-likeness (QED) is 0.512. The lowest BCUT2D eigenvalue weighted by Crippen LogP contribution is -2.30. The number of fused-ring (bicyclic) bond motifs is 2. The maximum absolute atomic E-state index is 5.67. The fourth-order valence-corrected chi connectivity index (χ4v) is 1.95. The van der Waals surface area contributed by atoms with Crippen LogP contribution in [0.3, 0.4) is 0 Å². The molecule has 0 amide bonds. The van der Waals surface area contributed by atoms with E-state index >= 15 is 0 Å². The van der Waals surface area contributed by atoms with Crippen molar-refractivity contribution in [1.29, 1.82) is 0 Å². The van der Waals surface area contributed by atoms with E-state index in [0.29, 0.717) is 12.2 Å². The van der Waals surface area contributed by atoms with Crippen molar-refractivity contribution >= 4 is 0 Å². The van der Waals surface area contributed by atoms with Crippen LogP contribution in [-0.2, 0) is 9.47 Å². The van der Waals surface area contributed by atoms with Gasteiger partial charge in [0.05, 0.1) is 12.2 Å². The minimum absolute atomic E-state index is 0.234. The van der Waals surface area contributed by atoms with Crippen molar-refractivity contribution in [2.75, 3.05) is 0 Å². The van der Waals surface area contributed by atoms with Gasteiger partial charge >= 0.3 is 0 Å². The van der Waals surface area contributed by atoms with Crippen molar-refractivity contribution in [2.45, 2.75) is 51.1 Å². The van der Waals surface area contributed by atoms with Crippen molar-refractivity contribution in [2.24, 2.45) is 0 Å². The number of hydrogen-bond donors (Lipinski definition) is 0. The van der Waals surface area contributed by atoms with Gasteiger partial charge in [-0.05, 0) is 26.7 Å². The molecule has 0 spiro atoms. The van der Waals surface area contributed by atoms with Gasteiger partial charge in [0.1, 0.15) is 0 Å². The average Bonchev–Trinajstić information content (AvgIpc) is 2.03. The Labute approximate surface area is 61.5 Å². The van der Waals surface area contributed by atoms with Crippen molar-refractivity contribution in [3.63, 3.8) is 0 Å². The third kappa shape index (κ3) is 0.867. The third-order valence-electron chi connectivity index (χ3n) is 2.48. The Morgan fingerprint density at radius 2 is 2.20 bits per heavy atom. The Morgan fingerprint density at radius 1 is 1.40 bits per heavy atom. The minimum Gasteiger partial charge on any atom is -0.345 e. The van der Waals surface area contributed by atoms with E-state index in [9.17, 15) is 0 Å². The van der Waals surface area contributed by atoms with Crippen LogP contribution in [0.25, 0.3) is 0 Å². The number of hydrogen-bond acceptors (Lipinski definition) is 2. The second-order valence-electron chi connectivity index (χ2n) is 3.51. The van der Waals surface area contributed by atoms with Crippen LogP contribution in [0.5, 0.6) is 0 Å². The first-order valence-electron chi connectivity index (χ1n) is 4.05. The molecule has 2 heterocycles. The first-order chi connectivity index (χ1) is 4.70. The molecule has 0 aromatic heterocycles. The summed E-state index contributed by atoms with van der Waals surface area (Å²) in [6, 6.07) is 0. The summed E-state index contributed by atoms with van der Waals surface area (Å²) in [4.78, 5) is 0. The predicted octanol–water partition coefficient (Wildman–Crippen LogP) is 1.69. The molecule has 2 bridgehead atoms. The molecule has 2 saturated heterocycles. The third-order valence-corrected chi connectivity index (χ3v) is 2.48. The molecule has 2 nitrogen and oxygen atoms in total. The van der Waals surface area contributed by atoms with Crippen LogP contribution in [0.2, 0.25) is 0 Å². The van der Waals surface area contributed by atoms with Gasteiger partial charge in [0.2, 0.25) is 0 Å². The maximum Gasteiger partial charge on any atom is 0.166 e. The van der Waals surface area contributed by atoms with E-state index in [0.717, 1.165) is 6.42 Å². The van der Waals surface area contributed by atoms with Gasteiger partial charge in [-0.2, -0.15) is 0 Å². The molecule has 58 valence electrons. The molecule has 10 heavy (non-hydrogen) atoms. The Hall–Kier alpha value is -0.0800. The summed E-state index contributed by atoms with van der Waals surface area (Å²) >= 11 is 0. The smallest absolute Gasteiger partial charge is 0.166 e. The van der Waals surface area contributed by atoms with E-state index in [4.69, 9.17) is 9.47 Å². The zero-order chi connectivity index (χ0) is 7.19. The monoisotopic (exact) mass is 142 g/mol. The maximum atomic E-state index is 5.67. The first-order valence-corrected chi connectivity index (χ1v) is 4.05. The molecule has 2 aliphatic rings. The predicted molar refractivity (Wildman–Crippen MR) is 37.7 cm³/mol. The Morgan fingerprint density at radius 3 is 2.80 bits per heavy atom. The van der Waals surface area contributed by atoms with Gasteiger partial charge in [-0.15, -0.1) is 0 Å². The van der Waals surface area contributed by atoms with Gasteiger partial charge in [-0.3, -0.25) is 0 Å². The summed E-state index contributed by atoms with van der Waals surface area (Å²) in [5.41, 5.74) is 0.